The Morgan fingerprint density at radius 1 is 1.32 bits per heavy atom. The van der Waals surface area contributed by atoms with Gasteiger partial charge in [-0.25, -0.2) is 4.79 Å². The van der Waals surface area contributed by atoms with Crippen molar-refractivity contribution in [2.45, 2.75) is 19.1 Å². The summed E-state index contributed by atoms with van der Waals surface area (Å²) in [5.74, 6) is 0. The van der Waals surface area contributed by atoms with E-state index in [1.165, 1.54) is 0 Å². The summed E-state index contributed by atoms with van der Waals surface area (Å²) in [7, 11) is 1.76. The van der Waals surface area contributed by atoms with Gasteiger partial charge in [0.15, 0.2) is 0 Å². The molecular formula is C12H16F3N3O. The van der Waals surface area contributed by atoms with E-state index in [0.717, 1.165) is 5.56 Å². The summed E-state index contributed by atoms with van der Waals surface area (Å²) in [6.45, 7) is 0.525. The molecule has 0 saturated heterocycles. The number of hydrogen-bond acceptors (Lipinski definition) is 2. The number of anilines is 1. The quantitative estimate of drug-likeness (QED) is 0.791. The second-order valence-electron chi connectivity index (χ2n) is 4.02. The van der Waals surface area contributed by atoms with Crippen molar-refractivity contribution in [3.8, 4) is 0 Å². The fourth-order valence-electron chi connectivity index (χ4n) is 1.49. The molecule has 3 N–H and O–H groups in total. The minimum absolute atomic E-state index is 0.0286. The van der Waals surface area contributed by atoms with Crippen LogP contribution in [-0.2, 0) is 0 Å². The van der Waals surface area contributed by atoms with Gasteiger partial charge in [0.25, 0.3) is 0 Å². The van der Waals surface area contributed by atoms with Gasteiger partial charge in [0.05, 0.1) is 0 Å². The molecule has 7 heteroatoms. The predicted molar refractivity (Wildman–Crippen MR) is 67.0 cm³/mol. The number of carbonyl (C=O) groups is 1. The van der Waals surface area contributed by atoms with Gasteiger partial charge in [0, 0.05) is 11.7 Å². The summed E-state index contributed by atoms with van der Waals surface area (Å²) in [6.07, 6.45) is -4.42. The fraction of sp³-hybridized carbons (Fsp3) is 0.417. The normalized spacial score (nSPS) is 12.9. The number of alkyl halides is 3. The van der Waals surface area contributed by atoms with Crippen molar-refractivity contribution < 1.29 is 18.0 Å². The molecule has 1 rings (SSSR count). The number of amides is 2. The van der Waals surface area contributed by atoms with E-state index in [-0.39, 0.29) is 6.04 Å². The van der Waals surface area contributed by atoms with Crippen LogP contribution in [-0.4, -0.2) is 25.8 Å². The predicted octanol–water partition coefficient (Wildman–Crippen LogP) is 2.65. The van der Waals surface area contributed by atoms with Gasteiger partial charge in [-0.1, -0.05) is 18.2 Å². The molecule has 4 nitrogen and oxygen atoms in total. The second kappa shape index (κ2) is 6.42. The van der Waals surface area contributed by atoms with Crippen LogP contribution in [0.5, 0.6) is 0 Å². The molecule has 0 heterocycles. The Labute approximate surface area is 109 Å². The Morgan fingerprint density at radius 3 is 2.53 bits per heavy atom. The van der Waals surface area contributed by atoms with E-state index in [2.05, 4.69) is 10.6 Å². The first-order valence-corrected chi connectivity index (χ1v) is 5.71. The maximum Gasteiger partial charge on any atom is 0.405 e. The molecule has 0 saturated carbocycles. The first kappa shape index (κ1) is 15.3. The molecule has 1 aromatic rings. The Morgan fingerprint density at radius 2 is 1.95 bits per heavy atom. The van der Waals surface area contributed by atoms with E-state index < -0.39 is 18.8 Å². The van der Waals surface area contributed by atoms with Crippen molar-refractivity contribution >= 4 is 11.7 Å². The van der Waals surface area contributed by atoms with Gasteiger partial charge in [-0.15, -0.1) is 0 Å². The maximum absolute atomic E-state index is 12.0. The topological polar surface area (TPSA) is 53.2 Å². The lowest BCUT2D eigenvalue weighted by atomic mass is 10.1. The van der Waals surface area contributed by atoms with Gasteiger partial charge in [0.2, 0.25) is 0 Å². The SMILES string of the molecule is CNC(C)c1ccccc1NC(=O)NCC(F)(F)F. The first-order chi connectivity index (χ1) is 8.83. The molecule has 1 aromatic carbocycles. The number of benzene rings is 1. The van der Waals surface area contributed by atoms with Crippen molar-refractivity contribution in [1.29, 1.82) is 0 Å². The maximum atomic E-state index is 12.0. The van der Waals surface area contributed by atoms with Crippen LogP contribution in [0, 0.1) is 0 Å². The number of rotatable bonds is 4. The van der Waals surface area contributed by atoms with E-state index in [4.69, 9.17) is 0 Å². The molecule has 0 aliphatic rings. The van der Waals surface area contributed by atoms with E-state index in [1.807, 2.05) is 6.92 Å². The van der Waals surface area contributed by atoms with Gasteiger partial charge in [-0.05, 0) is 25.6 Å². The number of para-hydroxylation sites is 1. The van der Waals surface area contributed by atoms with Gasteiger partial charge in [-0.3, -0.25) is 0 Å². The molecular weight excluding hydrogens is 259 g/mol. The summed E-state index contributed by atoms with van der Waals surface area (Å²) < 4.78 is 35.9. The third kappa shape index (κ3) is 5.17. The molecule has 0 aromatic heterocycles. The van der Waals surface area contributed by atoms with Crippen LogP contribution < -0.4 is 16.0 Å². The van der Waals surface area contributed by atoms with Crippen molar-refractivity contribution in [2.24, 2.45) is 0 Å². The molecule has 0 aliphatic carbocycles. The van der Waals surface area contributed by atoms with E-state index >= 15 is 0 Å². The van der Waals surface area contributed by atoms with E-state index in [1.54, 1.807) is 36.6 Å². The van der Waals surface area contributed by atoms with Crippen molar-refractivity contribution in [3.05, 3.63) is 29.8 Å². The Kier molecular flexibility index (Phi) is 5.17. The average molecular weight is 275 g/mol. The Bertz CT molecular complexity index is 434. The summed E-state index contributed by atoms with van der Waals surface area (Å²) in [5, 5.41) is 7.17. The zero-order chi connectivity index (χ0) is 14.5. The lowest BCUT2D eigenvalue weighted by Crippen LogP contribution is -2.37. The van der Waals surface area contributed by atoms with E-state index in [0.29, 0.717) is 5.69 Å². The molecule has 0 radical (unpaired) electrons. The lowest BCUT2D eigenvalue weighted by Gasteiger charge is -2.17. The van der Waals surface area contributed by atoms with Crippen LogP contribution in [0.2, 0.25) is 0 Å². The molecule has 106 valence electrons. The summed E-state index contributed by atoms with van der Waals surface area (Å²) in [5.41, 5.74) is 1.27. The Hall–Kier alpha value is -1.76. The van der Waals surface area contributed by atoms with Crippen LogP contribution in [0.1, 0.15) is 18.5 Å². The third-order valence-corrected chi connectivity index (χ3v) is 2.56. The van der Waals surface area contributed by atoms with Gasteiger partial charge in [0.1, 0.15) is 6.54 Å². The van der Waals surface area contributed by atoms with Gasteiger partial charge < -0.3 is 16.0 Å². The first-order valence-electron chi connectivity index (χ1n) is 5.71. The smallest absolute Gasteiger partial charge is 0.329 e. The number of nitrogens with one attached hydrogen (secondary N) is 3. The highest BCUT2D eigenvalue weighted by atomic mass is 19.4. The molecule has 0 bridgehead atoms. The minimum Gasteiger partial charge on any atom is -0.329 e. The van der Waals surface area contributed by atoms with Crippen LogP contribution in [0.25, 0.3) is 0 Å². The Balaban J connectivity index is 2.69. The fourth-order valence-corrected chi connectivity index (χ4v) is 1.49. The summed E-state index contributed by atoms with van der Waals surface area (Å²) in [6, 6.07) is 6.01. The van der Waals surface area contributed by atoms with Crippen LogP contribution in [0.3, 0.4) is 0 Å². The molecule has 2 amide bonds. The van der Waals surface area contributed by atoms with Crippen LogP contribution in [0.4, 0.5) is 23.7 Å². The molecule has 0 spiro atoms. The average Bonchev–Trinajstić information content (AvgIpc) is 2.35. The van der Waals surface area contributed by atoms with Crippen LogP contribution in [0.15, 0.2) is 24.3 Å². The summed E-state index contributed by atoms with van der Waals surface area (Å²) in [4.78, 5) is 11.4. The number of halogens is 3. The minimum atomic E-state index is -4.42. The van der Waals surface area contributed by atoms with Crippen molar-refractivity contribution in [3.63, 3.8) is 0 Å². The zero-order valence-electron chi connectivity index (χ0n) is 10.6. The van der Waals surface area contributed by atoms with Gasteiger partial charge in [-0.2, -0.15) is 13.2 Å². The highest BCUT2D eigenvalue weighted by molar-refractivity contribution is 5.90. The molecule has 1 atom stereocenters. The third-order valence-electron chi connectivity index (χ3n) is 2.56. The number of urea groups is 1. The highest BCUT2D eigenvalue weighted by Gasteiger charge is 2.27. The largest absolute Gasteiger partial charge is 0.405 e. The highest BCUT2D eigenvalue weighted by Crippen LogP contribution is 2.22. The van der Waals surface area contributed by atoms with Crippen LogP contribution >= 0.6 is 0 Å². The second-order valence-corrected chi connectivity index (χ2v) is 4.02. The van der Waals surface area contributed by atoms with E-state index in [9.17, 15) is 18.0 Å². The molecule has 0 fully saturated rings. The molecule has 19 heavy (non-hydrogen) atoms. The lowest BCUT2D eigenvalue weighted by molar-refractivity contribution is -0.122. The number of hydrogen-bond donors (Lipinski definition) is 3. The monoisotopic (exact) mass is 275 g/mol. The summed E-state index contributed by atoms with van der Waals surface area (Å²) >= 11 is 0. The van der Waals surface area contributed by atoms with Crippen molar-refractivity contribution in [2.75, 3.05) is 18.9 Å². The van der Waals surface area contributed by atoms with Crippen molar-refractivity contribution in [1.82, 2.24) is 10.6 Å². The number of carbonyl (C=O) groups excluding carboxylic acids is 1. The standard InChI is InChI=1S/C12H16F3N3O/c1-8(16-2)9-5-3-4-6-10(9)18-11(19)17-7-12(13,14)15/h3-6,8,16H,7H2,1-2H3,(H2,17,18,19). The molecule has 1 unspecified atom stereocenters. The molecule has 0 aliphatic heterocycles. The van der Waals surface area contributed by atoms with Gasteiger partial charge >= 0.3 is 12.2 Å². The zero-order valence-corrected chi connectivity index (χ0v) is 10.6.